The van der Waals surface area contributed by atoms with Crippen molar-refractivity contribution in [2.45, 2.75) is 26.7 Å². The van der Waals surface area contributed by atoms with Crippen molar-refractivity contribution in [1.82, 2.24) is 4.90 Å². The van der Waals surface area contributed by atoms with E-state index >= 15 is 0 Å². The number of aliphatic hydroxyl groups excluding tert-OH is 1. The molecule has 0 saturated carbocycles. The van der Waals surface area contributed by atoms with Gasteiger partial charge in [-0.1, -0.05) is 13.8 Å². The summed E-state index contributed by atoms with van der Waals surface area (Å²) in [6, 6.07) is 0. The van der Waals surface area contributed by atoms with E-state index in [1.165, 1.54) is 25.9 Å². The Kier molecular flexibility index (Phi) is 2.90. The maximum absolute atomic E-state index is 8.68. The fourth-order valence-corrected chi connectivity index (χ4v) is 1.90. The Morgan fingerprint density at radius 2 is 1.82 bits per heavy atom. The van der Waals surface area contributed by atoms with Gasteiger partial charge < -0.3 is 5.11 Å². The summed E-state index contributed by atoms with van der Waals surface area (Å²) in [5.41, 5.74) is 0.592. The Morgan fingerprint density at radius 3 is 2.18 bits per heavy atom. The molecule has 66 valence electrons. The minimum Gasteiger partial charge on any atom is -0.395 e. The van der Waals surface area contributed by atoms with E-state index < -0.39 is 0 Å². The van der Waals surface area contributed by atoms with E-state index in [0.29, 0.717) is 12.0 Å². The Labute approximate surface area is 69.2 Å². The molecule has 1 saturated heterocycles. The van der Waals surface area contributed by atoms with Gasteiger partial charge in [-0.15, -0.1) is 0 Å². The zero-order valence-electron chi connectivity index (χ0n) is 7.64. The van der Waals surface area contributed by atoms with Crippen LogP contribution in [0.1, 0.15) is 26.7 Å². The minimum absolute atomic E-state index is 0.309. The molecule has 1 heterocycles. The molecule has 0 aromatic heterocycles. The van der Waals surface area contributed by atoms with E-state index in [-0.39, 0.29) is 0 Å². The van der Waals surface area contributed by atoms with Gasteiger partial charge in [-0.2, -0.15) is 0 Å². The summed E-state index contributed by atoms with van der Waals surface area (Å²) in [7, 11) is 0. The lowest BCUT2D eigenvalue weighted by Crippen LogP contribution is -2.56. The smallest absolute Gasteiger partial charge is 0.0558 e. The van der Waals surface area contributed by atoms with E-state index in [4.69, 9.17) is 5.11 Å². The van der Waals surface area contributed by atoms with E-state index in [2.05, 4.69) is 18.7 Å². The van der Waals surface area contributed by atoms with Gasteiger partial charge in [0.15, 0.2) is 0 Å². The average Bonchev–Trinajstić information content (AvgIpc) is 1.96. The molecule has 1 N–H and O–H groups in total. The number of rotatable bonds is 4. The van der Waals surface area contributed by atoms with Gasteiger partial charge in [0.25, 0.3) is 0 Å². The molecular weight excluding hydrogens is 138 g/mol. The fraction of sp³-hybridized carbons (Fsp3) is 1.00. The van der Waals surface area contributed by atoms with Gasteiger partial charge in [-0.3, -0.25) is 4.90 Å². The van der Waals surface area contributed by atoms with Crippen molar-refractivity contribution in [3.63, 3.8) is 0 Å². The van der Waals surface area contributed by atoms with Gasteiger partial charge >= 0.3 is 0 Å². The third-order valence-electron chi connectivity index (χ3n) is 3.03. The first-order valence-corrected chi connectivity index (χ1v) is 4.59. The minimum atomic E-state index is 0.309. The first-order chi connectivity index (χ1) is 5.26. The molecule has 0 unspecified atom stereocenters. The third-order valence-corrected chi connectivity index (χ3v) is 3.03. The molecule has 1 aliphatic heterocycles. The molecule has 11 heavy (non-hydrogen) atoms. The normalized spacial score (nSPS) is 23.2. The Balaban J connectivity index is 2.24. The molecule has 2 nitrogen and oxygen atoms in total. The summed E-state index contributed by atoms with van der Waals surface area (Å²) < 4.78 is 0. The lowest BCUT2D eigenvalue weighted by molar-refractivity contribution is -0.0148. The molecule has 0 radical (unpaired) electrons. The molecule has 1 rings (SSSR count). The zero-order valence-corrected chi connectivity index (χ0v) is 7.64. The predicted molar refractivity (Wildman–Crippen MR) is 46.5 cm³/mol. The van der Waals surface area contributed by atoms with Crippen molar-refractivity contribution < 1.29 is 5.11 Å². The maximum atomic E-state index is 8.68. The summed E-state index contributed by atoms with van der Waals surface area (Å²) >= 11 is 0. The lowest BCUT2D eigenvalue weighted by Gasteiger charge is -2.49. The second kappa shape index (κ2) is 3.55. The van der Waals surface area contributed by atoms with Gasteiger partial charge in [0.2, 0.25) is 0 Å². The number of hydrogen-bond acceptors (Lipinski definition) is 2. The molecule has 1 aliphatic rings. The summed E-state index contributed by atoms with van der Waals surface area (Å²) in [6.07, 6.45) is 2.57. The Morgan fingerprint density at radius 1 is 1.27 bits per heavy atom. The van der Waals surface area contributed by atoms with Crippen molar-refractivity contribution in [1.29, 1.82) is 0 Å². The topological polar surface area (TPSA) is 23.5 Å². The highest BCUT2D eigenvalue weighted by Gasteiger charge is 2.38. The van der Waals surface area contributed by atoms with Gasteiger partial charge in [-0.25, -0.2) is 0 Å². The van der Waals surface area contributed by atoms with Crippen LogP contribution in [0.15, 0.2) is 0 Å². The van der Waals surface area contributed by atoms with E-state index in [1.807, 2.05) is 0 Å². The number of aliphatic hydroxyl groups is 1. The molecule has 0 aromatic carbocycles. The number of β-amino-alcohol motifs (C(OH)–C–C–N with tert-alkyl or cyclic N) is 1. The molecule has 0 amide bonds. The van der Waals surface area contributed by atoms with Crippen LogP contribution in [-0.2, 0) is 0 Å². The highest BCUT2D eigenvalue weighted by atomic mass is 16.3. The number of likely N-dealkylation sites (tertiary alicyclic amines) is 1. The van der Waals surface area contributed by atoms with Crippen LogP contribution in [0.4, 0.5) is 0 Å². The Hall–Kier alpha value is -0.0800. The molecular formula is C9H19NO. The van der Waals surface area contributed by atoms with Crippen LogP contribution in [0, 0.1) is 5.41 Å². The van der Waals surface area contributed by atoms with Crippen molar-refractivity contribution in [2.75, 3.05) is 26.2 Å². The first kappa shape index (κ1) is 9.01. The van der Waals surface area contributed by atoms with E-state index in [0.717, 1.165) is 6.54 Å². The molecule has 1 fully saturated rings. The monoisotopic (exact) mass is 157 g/mol. The molecule has 0 atom stereocenters. The summed E-state index contributed by atoms with van der Waals surface area (Å²) in [6.45, 7) is 8.09. The van der Waals surface area contributed by atoms with Crippen LogP contribution in [0.3, 0.4) is 0 Å². The standard InChI is InChI=1S/C9H19NO/c1-3-9(4-2)7-10(8-9)5-6-11/h11H,3-8H2,1-2H3. The third kappa shape index (κ3) is 1.74. The highest BCUT2D eigenvalue weighted by Crippen LogP contribution is 2.36. The van der Waals surface area contributed by atoms with Crippen LogP contribution in [0.25, 0.3) is 0 Å². The molecule has 0 aliphatic carbocycles. The molecule has 0 spiro atoms. The van der Waals surface area contributed by atoms with Crippen molar-refractivity contribution in [2.24, 2.45) is 5.41 Å². The zero-order chi connectivity index (χ0) is 8.32. The van der Waals surface area contributed by atoms with Gasteiger partial charge in [0.05, 0.1) is 6.61 Å². The fourth-order valence-electron chi connectivity index (χ4n) is 1.90. The van der Waals surface area contributed by atoms with Gasteiger partial charge in [0, 0.05) is 19.6 Å². The number of nitrogens with zero attached hydrogens (tertiary/aromatic N) is 1. The molecule has 0 aromatic rings. The van der Waals surface area contributed by atoms with E-state index in [9.17, 15) is 0 Å². The second-order valence-corrected chi connectivity index (χ2v) is 3.64. The summed E-state index contributed by atoms with van der Waals surface area (Å²) in [4.78, 5) is 2.33. The quantitative estimate of drug-likeness (QED) is 0.660. The summed E-state index contributed by atoms with van der Waals surface area (Å²) in [5, 5.41) is 8.68. The van der Waals surface area contributed by atoms with Crippen LogP contribution < -0.4 is 0 Å². The molecule has 0 bridgehead atoms. The summed E-state index contributed by atoms with van der Waals surface area (Å²) in [5.74, 6) is 0. The van der Waals surface area contributed by atoms with Crippen molar-refractivity contribution >= 4 is 0 Å². The second-order valence-electron chi connectivity index (χ2n) is 3.64. The first-order valence-electron chi connectivity index (χ1n) is 4.59. The lowest BCUT2D eigenvalue weighted by atomic mass is 9.75. The average molecular weight is 157 g/mol. The van der Waals surface area contributed by atoms with Crippen LogP contribution in [0.2, 0.25) is 0 Å². The maximum Gasteiger partial charge on any atom is 0.0558 e. The van der Waals surface area contributed by atoms with Gasteiger partial charge in [0.1, 0.15) is 0 Å². The van der Waals surface area contributed by atoms with Crippen LogP contribution >= 0.6 is 0 Å². The highest BCUT2D eigenvalue weighted by molar-refractivity contribution is 4.92. The molecule has 2 heteroatoms. The van der Waals surface area contributed by atoms with Crippen LogP contribution in [-0.4, -0.2) is 36.2 Å². The Bertz CT molecular complexity index is 113. The van der Waals surface area contributed by atoms with Crippen molar-refractivity contribution in [3.05, 3.63) is 0 Å². The largest absolute Gasteiger partial charge is 0.395 e. The SMILES string of the molecule is CCC1(CC)CN(CCO)C1. The van der Waals surface area contributed by atoms with Crippen molar-refractivity contribution in [3.8, 4) is 0 Å². The van der Waals surface area contributed by atoms with Crippen LogP contribution in [0.5, 0.6) is 0 Å². The van der Waals surface area contributed by atoms with E-state index in [1.54, 1.807) is 0 Å². The predicted octanol–water partition coefficient (Wildman–Crippen LogP) is 1.10. The van der Waals surface area contributed by atoms with Gasteiger partial charge in [-0.05, 0) is 18.3 Å². The number of hydrogen-bond donors (Lipinski definition) is 1.